The Hall–Kier alpha value is -1.94. The highest BCUT2D eigenvalue weighted by molar-refractivity contribution is 7.22. The second kappa shape index (κ2) is 3.78. The van der Waals surface area contributed by atoms with E-state index in [2.05, 4.69) is 39.1 Å². The normalized spacial score (nSPS) is 14.1. The van der Waals surface area contributed by atoms with Crippen molar-refractivity contribution in [2.75, 3.05) is 4.90 Å². The largest absolute Gasteiger partial charge is 0.339 e. The number of hydrogen-bond acceptors (Lipinski definition) is 4. The molecule has 4 heteroatoms. The van der Waals surface area contributed by atoms with Crippen molar-refractivity contribution in [3.05, 3.63) is 53.9 Å². The Morgan fingerprint density at radius 2 is 1.83 bits per heavy atom. The lowest BCUT2D eigenvalue weighted by Gasteiger charge is -2.12. The van der Waals surface area contributed by atoms with E-state index < -0.39 is 0 Å². The van der Waals surface area contributed by atoms with Crippen LogP contribution in [0.1, 0.15) is 11.1 Å². The molecule has 0 atom stereocenters. The fourth-order valence-corrected chi connectivity index (χ4v) is 3.30. The van der Waals surface area contributed by atoms with Gasteiger partial charge in [0.1, 0.15) is 5.52 Å². The molecule has 0 amide bonds. The average molecular weight is 253 g/mol. The zero-order valence-corrected chi connectivity index (χ0v) is 10.5. The van der Waals surface area contributed by atoms with Gasteiger partial charge in [-0.15, -0.1) is 0 Å². The van der Waals surface area contributed by atoms with Crippen LogP contribution >= 0.6 is 11.3 Å². The minimum atomic E-state index is 0.962. The predicted octanol–water partition coefficient (Wildman–Crippen LogP) is 3.21. The van der Waals surface area contributed by atoms with E-state index in [1.807, 2.05) is 18.5 Å². The molecule has 3 aromatic rings. The van der Waals surface area contributed by atoms with Gasteiger partial charge in [-0.05, 0) is 17.2 Å². The minimum absolute atomic E-state index is 0.962. The third-order valence-electron chi connectivity index (χ3n) is 3.29. The highest BCUT2D eigenvalue weighted by Crippen LogP contribution is 2.33. The van der Waals surface area contributed by atoms with E-state index in [9.17, 15) is 0 Å². The van der Waals surface area contributed by atoms with Gasteiger partial charge in [0.2, 0.25) is 0 Å². The molecule has 2 aromatic heterocycles. The molecule has 0 spiro atoms. The molecule has 18 heavy (non-hydrogen) atoms. The van der Waals surface area contributed by atoms with Crippen molar-refractivity contribution in [3.63, 3.8) is 0 Å². The van der Waals surface area contributed by atoms with Gasteiger partial charge in [-0.2, -0.15) is 0 Å². The third kappa shape index (κ3) is 1.49. The summed E-state index contributed by atoms with van der Waals surface area (Å²) in [5.74, 6) is 0. The number of thiazole rings is 1. The number of fused-ring (bicyclic) bond motifs is 2. The number of benzene rings is 1. The number of hydrogen-bond donors (Lipinski definition) is 0. The van der Waals surface area contributed by atoms with Crippen LogP contribution in [0.4, 0.5) is 5.13 Å². The second-order valence-electron chi connectivity index (χ2n) is 4.46. The lowest BCUT2D eigenvalue weighted by atomic mass is 10.1. The summed E-state index contributed by atoms with van der Waals surface area (Å²) < 4.78 is 1.20. The first-order chi connectivity index (χ1) is 8.90. The van der Waals surface area contributed by atoms with E-state index in [4.69, 9.17) is 0 Å². The van der Waals surface area contributed by atoms with Gasteiger partial charge >= 0.3 is 0 Å². The lowest BCUT2D eigenvalue weighted by molar-refractivity contribution is 0.875. The zero-order chi connectivity index (χ0) is 11.9. The van der Waals surface area contributed by atoms with Crippen molar-refractivity contribution in [3.8, 4) is 0 Å². The van der Waals surface area contributed by atoms with Crippen molar-refractivity contribution in [2.24, 2.45) is 0 Å². The van der Waals surface area contributed by atoms with E-state index in [-0.39, 0.29) is 0 Å². The molecule has 4 rings (SSSR count). The first-order valence-corrected chi connectivity index (χ1v) is 6.74. The summed E-state index contributed by atoms with van der Waals surface area (Å²) in [7, 11) is 0. The topological polar surface area (TPSA) is 29.0 Å². The van der Waals surface area contributed by atoms with E-state index in [0.717, 1.165) is 23.7 Å². The van der Waals surface area contributed by atoms with Gasteiger partial charge in [0.25, 0.3) is 0 Å². The first kappa shape index (κ1) is 10.0. The Bertz CT molecular complexity index is 662. The summed E-state index contributed by atoms with van der Waals surface area (Å²) in [6.07, 6.45) is 3.65. The highest BCUT2D eigenvalue weighted by atomic mass is 32.1. The molecular weight excluding hydrogens is 242 g/mol. The van der Waals surface area contributed by atoms with E-state index in [1.54, 1.807) is 11.3 Å². The third-order valence-corrected chi connectivity index (χ3v) is 4.39. The summed E-state index contributed by atoms with van der Waals surface area (Å²) >= 11 is 1.74. The van der Waals surface area contributed by atoms with Gasteiger partial charge in [0.05, 0.1) is 10.9 Å². The standard InChI is InChI=1S/C14H11N3S/c1-2-4-11-9-17(8-10(11)3-1)14-16-12-7-15-6-5-13(12)18-14/h1-7H,8-9H2. The Morgan fingerprint density at radius 3 is 2.56 bits per heavy atom. The number of nitrogens with zero attached hydrogens (tertiary/aromatic N) is 3. The molecule has 3 heterocycles. The summed E-state index contributed by atoms with van der Waals surface area (Å²) in [4.78, 5) is 11.1. The average Bonchev–Trinajstić information content (AvgIpc) is 3.02. The minimum Gasteiger partial charge on any atom is -0.339 e. The second-order valence-corrected chi connectivity index (χ2v) is 5.47. The van der Waals surface area contributed by atoms with Crippen molar-refractivity contribution in [2.45, 2.75) is 13.1 Å². The van der Waals surface area contributed by atoms with Gasteiger partial charge in [-0.25, -0.2) is 4.98 Å². The molecule has 0 aliphatic carbocycles. The lowest BCUT2D eigenvalue weighted by Crippen LogP contribution is -2.13. The van der Waals surface area contributed by atoms with Crippen molar-refractivity contribution in [1.29, 1.82) is 0 Å². The van der Waals surface area contributed by atoms with E-state index in [0.29, 0.717) is 0 Å². The fourth-order valence-electron chi connectivity index (χ4n) is 2.37. The van der Waals surface area contributed by atoms with Crippen LogP contribution in [0.15, 0.2) is 42.7 Å². The quantitative estimate of drug-likeness (QED) is 0.667. The van der Waals surface area contributed by atoms with Crippen LogP contribution in [0.3, 0.4) is 0 Å². The van der Waals surface area contributed by atoms with Gasteiger partial charge in [-0.1, -0.05) is 35.6 Å². The SMILES string of the molecule is c1ccc2c(c1)CN(c1nc3cnccc3s1)C2. The van der Waals surface area contributed by atoms with E-state index in [1.165, 1.54) is 15.8 Å². The Kier molecular flexibility index (Phi) is 2.11. The number of rotatable bonds is 1. The molecule has 1 aromatic carbocycles. The summed E-state index contributed by atoms with van der Waals surface area (Å²) in [6, 6.07) is 10.6. The monoisotopic (exact) mass is 253 g/mol. The summed E-state index contributed by atoms with van der Waals surface area (Å²) in [5, 5.41) is 1.09. The summed E-state index contributed by atoms with van der Waals surface area (Å²) in [5.41, 5.74) is 3.82. The van der Waals surface area contributed by atoms with Crippen LogP contribution in [0.2, 0.25) is 0 Å². The Morgan fingerprint density at radius 1 is 1.06 bits per heavy atom. The predicted molar refractivity (Wildman–Crippen MR) is 73.7 cm³/mol. The zero-order valence-electron chi connectivity index (χ0n) is 9.71. The number of anilines is 1. The summed E-state index contributed by atoms with van der Waals surface area (Å²) in [6.45, 7) is 1.92. The molecule has 0 bridgehead atoms. The maximum absolute atomic E-state index is 4.66. The molecular formula is C14H11N3S. The van der Waals surface area contributed by atoms with Crippen molar-refractivity contribution >= 4 is 26.7 Å². The Labute approximate surface area is 109 Å². The number of aromatic nitrogens is 2. The van der Waals surface area contributed by atoms with Gasteiger partial charge in [-0.3, -0.25) is 4.98 Å². The van der Waals surface area contributed by atoms with E-state index >= 15 is 0 Å². The molecule has 0 fully saturated rings. The fraction of sp³-hybridized carbons (Fsp3) is 0.143. The number of pyridine rings is 1. The smallest absolute Gasteiger partial charge is 0.187 e. The molecule has 0 radical (unpaired) electrons. The Balaban J connectivity index is 1.73. The first-order valence-electron chi connectivity index (χ1n) is 5.92. The molecule has 0 saturated carbocycles. The van der Waals surface area contributed by atoms with Gasteiger partial charge in [0.15, 0.2) is 5.13 Å². The van der Waals surface area contributed by atoms with Crippen LogP contribution in [0.5, 0.6) is 0 Å². The van der Waals surface area contributed by atoms with Crippen LogP contribution in [0.25, 0.3) is 10.2 Å². The molecule has 88 valence electrons. The van der Waals surface area contributed by atoms with Crippen molar-refractivity contribution < 1.29 is 0 Å². The maximum atomic E-state index is 4.66. The van der Waals surface area contributed by atoms with Crippen LogP contribution in [0, 0.1) is 0 Å². The molecule has 0 N–H and O–H groups in total. The molecule has 3 nitrogen and oxygen atoms in total. The maximum Gasteiger partial charge on any atom is 0.187 e. The van der Waals surface area contributed by atoms with Crippen LogP contribution < -0.4 is 4.90 Å². The van der Waals surface area contributed by atoms with Crippen LogP contribution in [-0.4, -0.2) is 9.97 Å². The molecule has 1 aliphatic rings. The van der Waals surface area contributed by atoms with Gasteiger partial charge < -0.3 is 4.90 Å². The highest BCUT2D eigenvalue weighted by Gasteiger charge is 2.21. The molecule has 0 saturated heterocycles. The molecule has 1 aliphatic heterocycles. The van der Waals surface area contributed by atoms with Crippen LogP contribution in [-0.2, 0) is 13.1 Å². The van der Waals surface area contributed by atoms with Gasteiger partial charge in [0, 0.05) is 19.3 Å². The molecule has 0 unspecified atom stereocenters. The van der Waals surface area contributed by atoms with Crippen molar-refractivity contribution in [1.82, 2.24) is 9.97 Å².